The molecule has 2 aromatic rings. The maximum absolute atomic E-state index is 5.45. The van der Waals surface area contributed by atoms with E-state index in [0.29, 0.717) is 0 Å². The van der Waals surface area contributed by atoms with Crippen LogP contribution in [0.4, 0.5) is 5.13 Å². The summed E-state index contributed by atoms with van der Waals surface area (Å²) < 4.78 is 0.945. The second-order valence-corrected chi connectivity index (χ2v) is 5.88. The Hall–Kier alpha value is -1.04. The van der Waals surface area contributed by atoms with Crippen LogP contribution in [0.25, 0.3) is 0 Å². The second kappa shape index (κ2) is 7.41. The minimum atomic E-state index is 0.766. The highest BCUT2D eigenvalue weighted by molar-refractivity contribution is 8.01. The Labute approximate surface area is 119 Å². The second-order valence-electron chi connectivity index (χ2n) is 3.38. The molecule has 0 radical (unpaired) electrons. The summed E-state index contributed by atoms with van der Waals surface area (Å²) in [5, 5.41) is 12.3. The molecule has 0 atom stereocenters. The molecule has 0 aliphatic carbocycles. The van der Waals surface area contributed by atoms with Crippen molar-refractivity contribution in [1.29, 1.82) is 0 Å². The summed E-state index contributed by atoms with van der Waals surface area (Å²) in [7, 11) is 0. The first-order valence-corrected chi connectivity index (χ1v) is 7.61. The summed E-state index contributed by atoms with van der Waals surface area (Å²) in [4.78, 5) is 0. The van der Waals surface area contributed by atoms with Crippen molar-refractivity contribution in [2.45, 2.75) is 10.9 Å². The Morgan fingerprint density at radius 1 is 1.28 bits per heavy atom. The average molecular weight is 298 g/mol. The third kappa shape index (κ3) is 4.33. The molecular weight excluding hydrogens is 286 g/mol. The van der Waals surface area contributed by atoms with Crippen molar-refractivity contribution < 1.29 is 0 Å². The van der Waals surface area contributed by atoms with Crippen LogP contribution in [0.1, 0.15) is 5.56 Å². The number of benzene rings is 1. The quantitative estimate of drug-likeness (QED) is 0.818. The van der Waals surface area contributed by atoms with Gasteiger partial charge < -0.3 is 5.32 Å². The largest absolute Gasteiger partial charge is 0.356 e. The summed E-state index contributed by atoms with van der Waals surface area (Å²) in [6.45, 7) is 0.766. The van der Waals surface area contributed by atoms with E-state index in [2.05, 4.69) is 27.6 Å². The highest BCUT2D eigenvalue weighted by atomic mass is 35.5. The van der Waals surface area contributed by atoms with Gasteiger partial charge in [0.1, 0.15) is 0 Å². The number of aromatic nitrogens is 2. The molecule has 3 nitrogen and oxygen atoms in total. The van der Waals surface area contributed by atoms with E-state index in [4.69, 9.17) is 11.6 Å². The van der Waals surface area contributed by atoms with Gasteiger partial charge in [0, 0.05) is 17.8 Å². The van der Waals surface area contributed by atoms with Gasteiger partial charge in [-0.1, -0.05) is 71.1 Å². The Bertz CT molecular complexity index is 499. The van der Waals surface area contributed by atoms with Gasteiger partial charge in [0.15, 0.2) is 4.34 Å². The van der Waals surface area contributed by atoms with Crippen molar-refractivity contribution in [3.05, 3.63) is 47.5 Å². The maximum atomic E-state index is 5.45. The van der Waals surface area contributed by atoms with Gasteiger partial charge in [-0.05, 0) is 5.56 Å². The molecular formula is C12H12ClN3S2. The molecule has 2 rings (SSSR count). The van der Waals surface area contributed by atoms with Crippen LogP contribution in [-0.4, -0.2) is 16.0 Å². The van der Waals surface area contributed by atoms with Gasteiger partial charge in [0.2, 0.25) is 5.13 Å². The van der Waals surface area contributed by atoms with Crippen molar-refractivity contribution in [3.63, 3.8) is 0 Å². The van der Waals surface area contributed by atoms with E-state index in [1.54, 1.807) is 23.1 Å². The molecule has 0 bridgehead atoms. The SMILES string of the molecule is ClC=CCSc1nnc(NCc2ccccc2)s1. The van der Waals surface area contributed by atoms with E-state index >= 15 is 0 Å². The lowest BCUT2D eigenvalue weighted by Crippen LogP contribution is -1.98. The Kier molecular flexibility index (Phi) is 5.51. The standard InChI is InChI=1S/C12H12ClN3S2/c13-7-4-8-17-12-16-15-11(18-12)14-9-10-5-2-1-3-6-10/h1-7H,8-9H2,(H,14,15). The van der Waals surface area contributed by atoms with Gasteiger partial charge >= 0.3 is 0 Å². The number of anilines is 1. The molecule has 6 heteroatoms. The van der Waals surface area contributed by atoms with Gasteiger partial charge in [-0.15, -0.1) is 10.2 Å². The molecule has 18 heavy (non-hydrogen) atoms. The van der Waals surface area contributed by atoms with Crippen LogP contribution < -0.4 is 5.32 Å². The van der Waals surface area contributed by atoms with Crippen molar-refractivity contribution in [1.82, 2.24) is 10.2 Å². The lowest BCUT2D eigenvalue weighted by molar-refractivity contribution is 0.996. The summed E-state index contributed by atoms with van der Waals surface area (Å²) in [6, 6.07) is 10.2. The number of nitrogens with one attached hydrogen (secondary N) is 1. The van der Waals surface area contributed by atoms with Crippen LogP contribution in [0.15, 0.2) is 46.3 Å². The molecule has 0 spiro atoms. The van der Waals surface area contributed by atoms with Gasteiger partial charge in [0.05, 0.1) is 0 Å². The van der Waals surface area contributed by atoms with Crippen molar-refractivity contribution in [2.24, 2.45) is 0 Å². The molecule has 1 N–H and O–H groups in total. The lowest BCUT2D eigenvalue weighted by atomic mass is 10.2. The van der Waals surface area contributed by atoms with Crippen molar-refractivity contribution in [3.8, 4) is 0 Å². The summed E-state index contributed by atoms with van der Waals surface area (Å²) in [6.07, 6.45) is 1.88. The zero-order valence-corrected chi connectivity index (χ0v) is 11.9. The number of thioether (sulfide) groups is 1. The maximum Gasteiger partial charge on any atom is 0.206 e. The normalized spacial score (nSPS) is 10.9. The first-order chi connectivity index (χ1) is 8.88. The molecule has 0 unspecified atom stereocenters. The molecule has 0 fully saturated rings. The molecule has 1 heterocycles. The van der Waals surface area contributed by atoms with Gasteiger partial charge in [-0.3, -0.25) is 0 Å². The van der Waals surface area contributed by atoms with Crippen molar-refractivity contribution in [2.75, 3.05) is 11.1 Å². The topological polar surface area (TPSA) is 37.8 Å². The van der Waals surface area contributed by atoms with Crippen LogP contribution in [0.5, 0.6) is 0 Å². The fraction of sp³-hybridized carbons (Fsp3) is 0.167. The minimum Gasteiger partial charge on any atom is -0.356 e. The fourth-order valence-electron chi connectivity index (χ4n) is 1.27. The van der Waals surface area contributed by atoms with Crippen LogP contribution in [0.2, 0.25) is 0 Å². The zero-order chi connectivity index (χ0) is 12.6. The van der Waals surface area contributed by atoms with E-state index < -0.39 is 0 Å². The van der Waals surface area contributed by atoms with Crippen LogP contribution >= 0.6 is 34.7 Å². The predicted octanol–water partition coefficient (Wildman–Crippen LogP) is 3.99. The Balaban J connectivity index is 1.83. The van der Waals surface area contributed by atoms with E-state index in [9.17, 15) is 0 Å². The predicted molar refractivity (Wildman–Crippen MR) is 79.4 cm³/mol. The van der Waals surface area contributed by atoms with Gasteiger partial charge in [0.25, 0.3) is 0 Å². The fourth-order valence-corrected chi connectivity index (χ4v) is 3.05. The summed E-state index contributed by atoms with van der Waals surface area (Å²) >= 11 is 8.63. The lowest BCUT2D eigenvalue weighted by Gasteiger charge is -2.00. The highest BCUT2D eigenvalue weighted by Gasteiger charge is 2.03. The summed E-state index contributed by atoms with van der Waals surface area (Å²) in [5.41, 5.74) is 2.75. The molecule has 0 saturated heterocycles. The molecule has 0 saturated carbocycles. The summed E-state index contributed by atoms with van der Waals surface area (Å²) in [5.74, 6) is 0.816. The average Bonchev–Trinajstić information content (AvgIpc) is 2.86. The number of rotatable bonds is 6. The molecule has 0 aliphatic rings. The van der Waals surface area contributed by atoms with Crippen molar-refractivity contribution >= 4 is 39.8 Å². The number of halogens is 1. The van der Waals surface area contributed by atoms with Gasteiger partial charge in [-0.2, -0.15) is 0 Å². The molecule has 0 aliphatic heterocycles. The molecule has 0 amide bonds. The Morgan fingerprint density at radius 2 is 2.11 bits per heavy atom. The van der Waals surface area contributed by atoms with Gasteiger partial charge in [-0.25, -0.2) is 0 Å². The first-order valence-electron chi connectivity index (χ1n) is 5.38. The third-order valence-corrected chi connectivity index (χ3v) is 4.23. The van der Waals surface area contributed by atoms with Crippen LogP contribution in [0.3, 0.4) is 0 Å². The van der Waals surface area contributed by atoms with Crippen LogP contribution in [-0.2, 0) is 6.54 Å². The minimum absolute atomic E-state index is 0.766. The molecule has 1 aromatic heterocycles. The monoisotopic (exact) mass is 297 g/mol. The van der Waals surface area contributed by atoms with E-state index in [0.717, 1.165) is 21.8 Å². The smallest absolute Gasteiger partial charge is 0.206 e. The van der Waals surface area contributed by atoms with Crippen LogP contribution in [0, 0.1) is 0 Å². The molecule has 1 aromatic carbocycles. The number of nitrogens with zero attached hydrogens (tertiary/aromatic N) is 2. The van der Waals surface area contributed by atoms with E-state index in [1.807, 2.05) is 24.3 Å². The highest BCUT2D eigenvalue weighted by Crippen LogP contribution is 2.25. The number of hydrogen-bond acceptors (Lipinski definition) is 5. The van der Waals surface area contributed by atoms with E-state index in [-0.39, 0.29) is 0 Å². The third-order valence-electron chi connectivity index (χ3n) is 2.09. The zero-order valence-electron chi connectivity index (χ0n) is 9.54. The number of hydrogen-bond donors (Lipinski definition) is 1. The Morgan fingerprint density at radius 3 is 2.89 bits per heavy atom. The first kappa shape index (κ1) is 13.4. The molecule has 94 valence electrons. The van der Waals surface area contributed by atoms with E-state index in [1.165, 1.54) is 11.1 Å².